The number of sulfonamides is 1. The number of benzene rings is 2. The van der Waals surface area contributed by atoms with Gasteiger partial charge < -0.3 is 14.8 Å². The number of amides is 1. The highest BCUT2D eigenvalue weighted by atomic mass is 32.2. The Morgan fingerprint density at radius 3 is 2.41 bits per heavy atom. The molecule has 0 saturated carbocycles. The zero-order chi connectivity index (χ0) is 23.1. The molecule has 0 bridgehead atoms. The lowest BCUT2D eigenvalue weighted by Crippen LogP contribution is -2.32. The number of anilines is 1. The van der Waals surface area contributed by atoms with E-state index in [-0.39, 0.29) is 22.8 Å². The molecule has 0 radical (unpaired) electrons. The third kappa shape index (κ3) is 5.46. The minimum atomic E-state index is -3.73. The van der Waals surface area contributed by atoms with Crippen molar-refractivity contribution in [2.24, 2.45) is 0 Å². The standard InChI is InChI=1S/C23H28N2O6S/c1-3-31-23(27)17-9-8-10-18(15-17)24-22(26)20-16-19(11-12-21(20)30-2)32(28,29)25-13-6-4-5-7-14-25/h8-12,15-16H,3-7,13-14H2,1-2H3,(H,24,26). The van der Waals surface area contributed by atoms with Crippen molar-refractivity contribution in [3.63, 3.8) is 0 Å². The Morgan fingerprint density at radius 1 is 1.03 bits per heavy atom. The first-order valence-corrected chi connectivity index (χ1v) is 12.1. The van der Waals surface area contributed by atoms with Crippen molar-refractivity contribution in [2.45, 2.75) is 37.5 Å². The topological polar surface area (TPSA) is 102 Å². The fourth-order valence-electron chi connectivity index (χ4n) is 3.59. The second-order valence-corrected chi connectivity index (χ2v) is 9.37. The van der Waals surface area contributed by atoms with E-state index in [1.54, 1.807) is 25.1 Å². The van der Waals surface area contributed by atoms with E-state index in [1.807, 2.05) is 0 Å². The molecular formula is C23H28N2O6S. The van der Waals surface area contributed by atoms with E-state index in [0.29, 0.717) is 24.3 Å². The van der Waals surface area contributed by atoms with Crippen LogP contribution in [0.2, 0.25) is 0 Å². The van der Waals surface area contributed by atoms with Crippen LogP contribution in [0.25, 0.3) is 0 Å². The van der Waals surface area contributed by atoms with E-state index in [4.69, 9.17) is 9.47 Å². The first kappa shape index (κ1) is 23.7. The first-order chi connectivity index (χ1) is 15.4. The number of methoxy groups -OCH3 is 1. The van der Waals surface area contributed by atoms with E-state index in [9.17, 15) is 18.0 Å². The Kier molecular flexibility index (Phi) is 7.87. The van der Waals surface area contributed by atoms with Gasteiger partial charge in [-0.1, -0.05) is 18.9 Å². The number of esters is 1. The highest BCUT2D eigenvalue weighted by Gasteiger charge is 2.27. The van der Waals surface area contributed by atoms with Crippen LogP contribution in [-0.2, 0) is 14.8 Å². The third-order valence-corrected chi connectivity index (χ3v) is 7.14. The average molecular weight is 461 g/mol. The van der Waals surface area contributed by atoms with Crippen LogP contribution in [0.4, 0.5) is 5.69 Å². The molecule has 9 heteroatoms. The molecule has 0 atom stereocenters. The van der Waals surface area contributed by atoms with Crippen LogP contribution < -0.4 is 10.1 Å². The van der Waals surface area contributed by atoms with E-state index in [2.05, 4.69) is 5.32 Å². The van der Waals surface area contributed by atoms with Gasteiger partial charge in [0.05, 0.1) is 29.7 Å². The molecule has 8 nitrogen and oxygen atoms in total. The van der Waals surface area contributed by atoms with Gasteiger partial charge in [-0.15, -0.1) is 0 Å². The van der Waals surface area contributed by atoms with Gasteiger partial charge in [0, 0.05) is 18.8 Å². The molecule has 1 saturated heterocycles. The van der Waals surface area contributed by atoms with Crippen LogP contribution in [0.1, 0.15) is 53.3 Å². The second-order valence-electron chi connectivity index (χ2n) is 7.44. The Labute approximate surface area is 188 Å². The molecule has 1 amide bonds. The molecule has 0 spiro atoms. The highest BCUT2D eigenvalue weighted by Crippen LogP contribution is 2.27. The molecule has 1 aliphatic heterocycles. The summed E-state index contributed by atoms with van der Waals surface area (Å²) in [5.74, 6) is -0.790. The van der Waals surface area contributed by atoms with Gasteiger partial charge in [-0.2, -0.15) is 4.31 Å². The first-order valence-electron chi connectivity index (χ1n) is 10.6. The average Bonchev–Trinajstić information content (AvgIpc) is 3.09. The van der Waals surface area contributed by atoms with Gasteiger partial charge in [-0.05, 0) is 56.2 Å². The SMILES string of the molecule is CCOC(=O)c1cccc(NC(=O)c2cc(S(=O)(=O)N3CCCCCC3)ccc2OC)c1. The number of carbonyl (C=O) groups excluding carboxylic acids is 2. The van der Waals surface area contributed by atoms with Crippen molar-refractivity contribution in [1.29, 1.82) is 0 Å². The van der Waals surface area contributed by atoms with Gasteiger partial charge >= 0.3 is 5.97 Å². The van der Waals surface area contributed by atoms with Gasteiger partial charge in [-0.3, -0.25) is 4.79 Å². The number of hydrogen-bond donors (Lipinski definition) is 1. The van der Waals surface area contributed by atoms with Crippen molar-refractivity contribution in [3.05, 3.63) is 53.6 Å². The molecule has 0 aliphatic carbocycles. The van der Waals surface area contributed by atoms with Crippen molar-refractivity contribution in [2.75, 3.05) is 32.1 Å². The smallest absolute Gasteiger partial charge is 0.338 e. The van der Waals surface area contributed by atoms with Crippen LogP contribution in [0.15, 0.2) is 47.4 Å². The zero-order valence-corrected chi connectivity index (χ0v) is 19.1. The van der Waals surface area contributed by atoms with Crippen molar-refractivity contribution in [1.82, 2.24) is 4.31 Å². The second kappa shape index (κ2) is 10.6. The third-order valence-electron chi connectivity index (χ3n) is 5.25. The number of hydrogen-bond acceptors (Lipinski definition) is 6. The summed E-state index contributed by atoms with van der Waals surface area (Å²) in [7, 11) is -2.31. The van der Waals surface area contributed by atoms with Crippen molar-refractivity contribution >= 4 is 27.6 Å². The normalized spacial score (nSPS) is 14.9. The molecule has 1 fully saturated rings. The quantitative estimate of drug-likeness (QED) is 0.633. The fourth-order valence-corrected chi connectivity index (χ4v) is 5.14. The summed E-state index contributed by atoms with van der Waals surface area (Å²) >= 11 is 0. The van der Waals surface area contributed by atoms with Gasteiger partial charge in [0.15, 0.2) is 0 Å². The van der Waals surface area contributed by atoms with E-state index < -0.39 is 21.9 Å². The van der Waals surface area contributed by atoms with Crippen LogP contribution in [0.5, 0.6) is 5.75 Å². The van der Waals surface area contributed by atoms with Crippen LogP contribution in [0.3, 0.4) is 0 Å². The Hall–Kier alpha value is -2.91. The molecule has 32 heavy (non-hydrogen) atoms. The summed E-state index contributed by atoms with van der Waals surface area (Å²) in [5, 5.41) is 2.70. The minimum absolute atomic E-state index is 0.0469. The molecular weight excluding hydrogens is 432 g/mol. The predicted molar refractivity (Wildman–Crippen MR) is 121 cm³/mol. The largest absolute Gasteiger partial charge is 0.496 e. The maximum atomic E-state index is 13.2. The van der Waals surface area contributed by atoms with Gasteiger partial charge in [0.2, 0.25) is 10.0 Å². The van der Waals surface area contributed by atoms with E-state index in [0.717, 1.165) is 25.7 Å². The van der Waals surface area contributed by atoms with E-state index in [1.165, 1.54) is 35.7 Å². The van der Waals surface area contributed by atoms with Crippen molar-refractivity contribution < 1.29 is 27.5 Å². The molecule has 1 heterocycles. The molecule has 0 aromatic heterocycles. The summed E-state index contributed by atoms with van der Waals surface area (Å²) in [4.78, 5) is 25.0. The monoisotopic (exact) mass is 460 g/mol. The number of ether oxygens (including phenoxy) is 2. The lowest BCUT2D eigenvalue weighted by Gasteiger charge is -2.20. The van der Waals surface area contributed by atoms with Crippen LogP contribution in [-0.4, -0.2) is 51.4 Å². The number of nitrogens with one attached hydrogen (secondary N) is 1. The Morgan fingerprint density at radius 2 is 1.75 bits per heavy atom. The van der Waals surface area contributed by atoms with Crippen LogP contribution >= 0.6 is 0 Å². The molecule has 1 aliphatic rings. The van der Waals surface area contributed by atoms with E-state index >= 15 is 0 Å². The lowest BCUT2D eigenvalue weighted by atomic mass is 10.1. The fraction of sp³-hybridized carbons (Fsp3) is 0.391. The zero-order valence-electron chi connectivity index (χ0n) is 18.3. The van der Waals surface area contributed by atoms with Crippen molar-refractivity contribution in [3.8, 4) is 5.75 Å². The van der Waals surface area contributed by atoms with Gasteiger partial charge in [0.25, 0.3) is 5.91 Å². The molecule has 2 aromatic rings. The molecule has 3 rings (SSSR count). The number of carbonyl (C=O) groups is 2. The molecule has 2 aromatic carbocycles. The molecule has 1 N–H and O–H groups in total. The minimum Gasteiger partial charge on any atom is -0.496 e. The maximum Gasteiger partial charge on any atom is 0.338 e. The number of rotatable bonds is 7. The Bertz CT molecular complexity index is 1080. The van der Waals surface area contributed by atoms with Gasteiger partial charge in [0.1, 0.15) is 5.75 Å². The number of nitrogens with zero attached hydrogens (tertiary/aromatic N) is 1. The molecule has 0 unspecified atom stereocenters. The maximum absolute atomic E-state index is 13.2. The lowest BCUT2D eigenvalue weighted by molar-refractivity contribution is 0.0526. The highest BCUT2D eigenvalue weighted by molar-refractivity contribution is 7.89. The predicted octanol–water partition coefficient (Wildman–Crippen LogP) is 3.69. The summed E-state index contributed by atoms with van der Waals surface area (Å²) < 4.78 is 38.1. The van der Waals surface area contributed by atoms with Crippen LogP contribution in [0, 0.1) is 0 Å². The summed E-state index contributed by atoms with van der Waals surface area (Å²) in [6, 6.07) is 10.6. The van der Waals surface area contributed by atoms with Gasteiger partial charge in [-0.25, -0.2) is 13.2 Å². The molecule has 172 valence electrons. The Balaban J connectivity index is 1.88. The summed E-state index contributed by atoms with van der Waals surface area (Å²) in [6.07, 6.45) is 3.65. The summed E-state index contributed by atoms with van der Waals surface area (Å²) in [6.45, 7) is 2.89. The summed E-state index contributed by atoms with van der Waals surface area (Å²) in [5.41, 5.74) is 0.766.